The molecule has 0 bridgehead atoms. The quantitative estimate of drug-likeness (QED) is 0.517. The second-order valence-electron chi connectivity index (χ2n) is 3.53. The minimum Gasteiger partial charge on any atom is -0.480 e. The average Bonchev–Trinajstić information content (AvgIpc) is 2.16. The van der Waals surface area contributed by atoms with Crippen LogP contribution in [0, 0.1) is 6.92 Å². The van der Waals surface area contributed by atoms with E-state index < -0.39 is 18.1 Å². The van der Waals surface area contributed by atoms with Crippen molar-refractivity contribution in [3.63, 3.8) is 0 Å². The van der Waals surface area contributed by atoms with Crippen molar-refractivity contribution in [2.75, 3.05) is 12.3 Å². The standard InChI is InChI=1S/C10H14N2O3/c1-6-2-3-7(8(11)4-6)10(12,5-13)9(14)15/h2-4,13H,5,11-12H2,1H3,(H,14,15)/t10-/m0/s1. The second-order valence-corrected chi connectivity index (χ2v) is 3.53. The Morgan fingerprint density at radius 1 is 1.53 bits per heavy atom. The van der Waals surface area contributed by atoms with Gasteiger partial charge in [-0.05, 0) is 18.6 Å². The van der Waals surface area contributed by atoms with Gasteiger partial charge in [-0.25, -0.2) is 4.79 Å². The molecule has 1 atom stereocenters. The molecule has 0 heterocycles. The summed E-state index contributed by atoms with van der Waals surface area (Å²) >= 11 is 0. The summed E-state index contributed by atoms with van der Waals surface area (Å²) in [6.45, 7) is 1.13. The molecule has 1 aromatic rings. The lowest BCUT2D eigenvalue weighted by atomic mass is 9.90. The van der Waals surface area contributed by atoms with Crippen LogP contribution >= 0.6 is 0 Å². The lowest BCUT2D eigenvalue weighted by molar-refractivity contribution is -0.145. The van der Waals surface area contributed by atoms with Crippen LogP contribution in [0.15, 0.2) is 18.2 Å². The van der Waals surface area contributed by atoms with Crippen molar-refractivity contribution >= 4 is 11.7 Å². The molecule has 15 heavy (non-hydrogen) atoms. The summed E-state index contributed by atoms with van der Waals surface area (Å²) in [5.41, 5.74) is 10.8. The van der Waals surface area contributed by atoms with E-state index in [9.17, 15) is 4.79 Å². The van der Waals surface area contributed by atoms with Gasteiger partial charge in [-0.15, -0.1) is 0 Å². The third-order valence-electron chi connectivity index (χ3n) is 2.32. The Balaban J connectivity index is 3.30. The summed E-state index contributed by atoms with van der Waals surface area (Å²) in [7, 11) is 0. The number of hydrogen-bond donors (Lipinski definition) is 4. The number of aliphatic carboxylic acids is 1. The highest BCUT2D eigenvalue weighted by Gasteiger charge is 2.37. The molecule has 0 spiro atoms. The molecule has 5 heteroatoms. The lowest BCUT2D eigenvalue weighted by Gasteiger charge is -2.24. The predicted molar refractivity (Wildman–Crippen MR) is 56.2 cm³/mol. The van der Waals surface area contributed by atoms with E-state index in [0.29, 0.717) is 0 Å². The van der Waals surface area contributed by atoms with E-state index in [1.54, 1.807) is 12.1 Å². The van der Waals surface area contributed by atoms with Crippen molar-refractivity contribution < 1.29 is 15.0 Å². The molecule has 0 aromatic heterocycles. The summed E-state index contributed by atoms with van der Waals surface area (Å²) in [6, 6.07) is 4.84. The van der Waals surface area contributed by atoms with Gasteiger partial charge in [0.05, 0.1) is 6.61 Å². The number of nitrogens with two attached hydrogens (primary N) is 2. The molecule has 0 fully saturated rings. The van der Waals surface area contributed by atoms with Crippen LogP contribution in [0.3, 0.4) is 0 Å². The van der Waals surface area contributed by atoms with Crippen molar-refractivity contribution in [1.29, 1.82) is 0 Å². The summed E-state index contributed by atoms with van der Waals surface area (Å²) < 4.78 is 0. The Morgan fingerprint density at radius 3 is 2.53 bits per heavy atom. The first-order valence-corrected chi connectivity index (χ1v) is 4.41. The minimum absolute atomic E-state index is 0.225. The highest BCUT2D eigenvalue weighted by molar-refractivity contribution is 5.83. The number of aliphatic hydroxyl groups is 1. The van der Waals surface area contributed by atoms with Gasteiger partial charge in [0.2, 0.25) is 0 Å². The van der Waals surface area contributed by atoms with Crippen LogP contribution in [0.25, 0.3) is 0 Å². The molecular weight excluding hydrogens is 196 g/mol. The summed E-state index contributed by atoms with van der Waals surface area (Å²) in [4.78, 5) is 10.9. The first kappa shape index (κ1) is 11.5. The van der Waals surface area contributed by atoms with Gasteiger partial charge in [0.25, 0.3) is 0 Å². The monoisotopic (exact) mass is 210 g/mol. The van der Waals surface area contributed by atoms with Crippen LogP contribution in [0.2, 0.25) is 0 Å². The Kier molecular flexibility index (Phi) is 2.97. The number of benzene rings is 1. The maximum absolute atomic E-state index is 10.9. The van der Waals surface area contributed by atoms with Gasteiger partial charge in [-0.3, -0.25) is 0 Å². The molecule has 0 aliphatic rings. The number of anilines is 1. The van der Waals surface area contributed by atoms with Crippen molar-refractivity contribution in [3.05, 3.63) is 29.3 Å². The van der Waals surface area contributed by atoms with Gasteiger partial charge in [0, 0.05) is 11.3 Å². The third kappa shape index (κ3) is 1.93. The van der Waals surface area contributed by atoms with Gasteiger partial charge in [-0.2, -0.15) is 0 Å². The minimum atomic E-state index is -1.84. The largest absolute Gasteiger partial charge is 0.480 e. The second kappa shape index (κ2) is 3.88. The Labute approximate surface area is 87.3 Å². The van der Waals surface area contributed by atoms with Crippen LogP contribution in [0.5, 0.6) is 0 Å². The van der Waals surface area contributed by atoms with Crippen LogP contribution in [-0.2, 0) is 10.3 Å². The molecular formula is C10H14N2O3. The first-order chi connectivity index (χ1) is 6.91. The molecule has 0 saturated heterocycles. The molecule has 1 rings (SSSR count). The van der Waals surface area contributed by atoms with Crippen LogP contribution in [-0.4, -0.2) is 22.8 Å². The van der Waals surface area contributed by atoms with Crippen LogP contribution < -0.4 is 11.5 Å². The third-order valence-corrected chi connectivity index (χ3v) is 2.32. The molecule has 0 aliphatic heterocycles. The molecule has 0 radical (unpaired) electrons. The summed E-state index contributed by atoms with van der Waals surface area (Å²) in [6.07, 6.45) is 0. The van der Waals surface area contributed by atoms with Gasteiger partial charge in [-0.1, -0.05) is 12.1 Å². The number of aliphatic hydroxyl groups excluding tert-OH is 1. The number of carboxylic acid groups (broad SMARTS) is 1. The first-order valence-electron chi connectivity index (χ1n) is 4.41. The summed E-state index contributed by atoms with van der Waals surface area (Å²) in [5, 5.41) is 18.0. The van der Waals surface area contributed by atoms with E-state index in [1.165, 1.54) is 6.07 Å². The molecule has 1 aromatic carbocycles. The normalized spacial score (nSPS) is 14.6. The Hall–Kier alpha value is -1.59. The molecule has 82 valence electrons. The molecule has 0 saturated carbocycles. The van der Waals surface area contributed by atoms with Crippen LogP contribution in [0.1, 0.15) is 11.1 Å². The fourth-order valence-electron chi connectivity index (χ4n) is 1.36. The number of hydrogen-bond acceptors (Lipinski definition) is 4. The fourth-order valence-corrected chi connectivity index (χ4v) is 1.36. The van der Waals surface area contributed by atoms with Crippen LogP contribution in [0.4, 0.5) is 5.69 Å². The van der Waals surface area contributed by atoms with E-state index in [-0.39, 0.29) is 11.3 Å². The molecule has 5 nitrogen and oxygen atoms in total. The van der Waals surface area contributed by atoms with Gasteiger partial charge in [0.15, 0.2) is 5.54 Å². The zero-order valence-corrected chi connectivity index (χ0v) is 8.40. The number of rotatable bonds is 3. The number of aryl methyl sites for hydroxylation is 1. The maximum Gasteiger partial charge on any atom is 0.330 e. The maximum atomic E-state index is 10.9. The number of carbonyl (C=O) groups is 1. The number of nitrogen functional groups attached to an aromatic ring is 1. The van der Waals surface area contributed by atoms with Gasteiger partial charge >= 0.3 is 5.97 Å². The van der Waals surface area contributed by atoms with E-state index in [0.717, 1.165) is 5.56 Å². The van der Waals surface area contributed by atoms with Crippen molar-refractivity contribution in [3.8, 4) is 0 Å². The predicted octanol–water partition coefficient (Wildman–Crippen LogP) is -0.192. The van der Waals surface area contributed by atoms with Crippen molar-refractivity contribution in [2.45, 2.75) is 12.5 Å². The molecule has 0 unspecified atom stereocenters. The van der Waals surface area contributed by atoms with E-state index in [2.05, 4.69) is 0 Å². The zero-order chi connectivity index (χ0) is 11.6. The number of carboxylic acids is 1. The fraction of sp³-hybridized carbons (Fsp3) is 0.300. The summed E-state index contributed by atoms with van der Waals surface area (Å²) in [5.74, 6) is -1.31. The molecule has 6 N–H and O–H groups in total. The van der Waals surface area contributed by atoms with E-state index in [1.807, 2.05) is 6.92 Å². The Bertz CT molecular complexity index is 392. The topological polar surface area (TPSA) is 110 Å². The lowest BCUT2D eigenvalue weighted by Crippen LogP contribution is -2.48. The van der Waals surface area contributed by atoms with E-state index >= 15 is 0 Å². The van der Waals surface area contributed by atoms with Crippen molar-refractivity contribution in [1.82, 2.24) is 0 Å². The smallest absolute Gasteiger partial charge is 0.330 e. The van der Waals surface area contributed by atoms with Gasteiger partial charge in [0.1, 0.15) is 0 Å². The van der Waals surface area contributed by atoms with Crippen molar-refractivity contribution in [2.24, 2.45) is 5.73 Å². The average molecular weight is 210 g/mol. The highest BCUT2D eigenvalue weighted by atomic mass is 16.4. The van der Waals surface area contributed by atoms with E-state index in [4.69, 9.17) is 21.7 Å². The Morgan fingerprint density at radius 2 is 2.13 bits per heavy atom. The zero-order valence-electron chi connectivity index (χ0n) is 8.40. The van der Waals surface area contributed by atoms with Gasteiger partial charge < -0.3 is 21.7 Å². The molecule has 0 amide bonds. The highest BCUT2D eigenvalue weighted by Crippen LogP contribution is 2.25. The molecule has 0 aliphatic carbocycles. The SMILES string of the molecule is Cc1ccc([C@@](N)(CO)C(=O)O)c(N)c1.